The molecule has 138 valence electrons. The number of esters is 1. The van der Waals surface area contributed by atoms with E-state index < -0.39 is 11.9 Å². The van der Waals surface area contributed by atoms with E-state index in [0.717, 1.165) is 11.1 Å². The van der Waals surface area contributed by atoms with E-state index in [0.29, 0.717) is 11.8 Å². The van der Waals surface area contributed by atoms with Crippen molar-refractivity contribution in [2.45, 2.75) is 6.42 Å². The number of carboxylic acids is 1. The van der Waals surface area contributed by atoms with Crippen LogP contribution in [0.2, 0.25) is 0 Å². The first-order valence-corrected chi connectivity index (χ1v) is 8.00. The molecule has 0 aliphatic carbocycles. The second kappa shape index (κ2) is 7.41. The summed E-state index contributed by atoms with van der Waals surface area (Å²) in [7, 11) is 2.57. The molecule has 0 aliphatic rings. The molecule has 2 aromatic carbocycles. The van der Waals surface area contributed by atoms with Gasteiger partial charge in [-0.25, -0.2) is 14.0 Å². The maximum absolute atomic E-state index is 13.1. The van der Waals surface area contributed by atoms with Crippen LogP contribution >= 0.6 is 0 Å². The van der Waals surface area contributed by atoms with Gasteiger partial charge in [-0.05, 0) is 41.8 Å². The standard InChI is InChI=1S/C20H16FNO5/c1-26-18-16(20(25)27-2)9-15(19(23)24)14-8-12(10-22-17(14)18)7-11-3-5-13(21)6-4-11/h3-6,8-10H,7H2,1-2H3,(H,23,24). The minimum absolute atomic E-state index is 0.0105. The fourth-order valence-corrected chi connectivity index (χ4v) is 2.89. The Kier molecular flexibility index (Phi) is 5.03. The third kappa shape index (κ3) is 3.57. The Morgan fingerprint density at radius 1 is 1.07 bits per heavy atom. The zero-order valence-corrected chi connectivity index (χ0v) is 14.7. The number of aromatic carboxylic acids is 1. The van der Waals surface area contributed by atoms with E-state index in [9.17, 15) is 19.1 Å². The predicted molar refractivity (Wildman–Crippen MR) is 95.8 cm³/mol. The third-order valence-corrected chi connectivity index (χ3v) is 4.14. The minimum atomic E-state index is -1.20. The van der Waals surface area contributed by atoms with Crippen molar-refractivity contribution >= 4 is 22.8 Å². The number of methoxy groups -OCH3 is 2. The van der Waals surface area contributed by atoms with E-state index in [1.54, 1.807) is 24.4 Å². The number of carboxylic acid groups (broad SMARTS) is 1. The number of hydrogen-bond acceptors (Lipinski definition) is 5. The Morgan fingerprint density at radius 3 is 2.37 bits per heavy atom. The summed E-state index contributed by atoms with van der Waals surface area (Å²) in [6.07, 6.45) is 2.02. The van der Waals surface area contributed by atoms with Gasteiger partial charge in [0, 0.05) is 11.6 Å². The van der Waals surface area contributed by atoms with E-state index in [-0.39, 0.29) is 28.2 Å². The molecule has 3 rings (SSSR count). The minimum Gasteiger partial charge on any atom is -0.494 e. The Balaban J connectivity index is 2.17. The van der Waals surface area contributed by atoms with E-state index >= 15 is 0 Å². The Morgan fingerprint density at radius 2 is 1.78 bits per heavy atom. The van der Waals surface area contributed by atoms with Crippen molar-refractivity contribution in [1.82, 2.24) is 4.98 Å². The van der Waals surface area contributed by atoms with Crippen molar-refractivity contribution in [3.05, 3.63) is 70.7 Å². The van der Waals surface area contributed by atoms with Crippen LogP contribution in [-0.2, 0) is 11.2 Å². The van der Waals surface area contributed by atoms with E-state index in [4.69, 9.17) is 9.47 Å². The highest BCUT2D eigenvalue weighted by atomic mass is 19.1. The normalized spacial score (nSPS) is 10.6. The quantitative estimate of drug-likeness (QED) is 0.693. The SMILES string of the molecule is COC(=O)c1cc(C(=O)O)c2cc(Cc3ccc(F)cc3)cnc2c1OC. The fraction of sp³-hybridized carbons (Fsp3) is 0.150. The summed E-state index contributed by atoms with van der Waals surface area (Å²) in [5.74, 6) is -2.10. The third-order valence-electron chi connectivity index (χ3n) is 4.14. The summed E-state index contributed by atoms with van der Waals surface area (Å²) in [5.41, 5.74) is 1.75. The molecule has 27 heavy (non-hydrogen) atoms. The van der Waals surface area contributed by atoms with Gasteiger partial charge >= 0.3 is 11.9 Å². The molecule has 0 saturated carbocycles. The topological polar surface area (TPSA) is 85.7 Å². The molecule has 0 bridgehead atoms. The molecule has 1 aromatic heterocycles. The van der Waals surface area contributed by atoms with E-state index in [2.05, 4.69) is 4.98 Å². The smallest absolute Gasteiger partial charge is 0.341 e. The number of halogens is 1. The maximum atomic E-state index is 13.1. The van der Waals surface area contributed by atoms with Crippen molar-refractivity contribution in [1.29, 1.82) is 0 Å². The number of nitrogens with zero attached hydrogens (tertiary/aromatic N) is 1. The van der Waals surface area contributed by atoms with Gasteiger partial charge in [0.15, 0.2) is 5.75 Å². The molecule has 0 spiro atoms. The van der Waals surface area contributed by atoms with Crippen LogP contribution in [0.4, 0.5) is 4.39 Å². The van der Waals surface area contributed by atoms with Crippen LogP contribution in [0.3, 0.4) is 0 Å². The lowest BCUT2D eigenvalue weighted by Crippen LogP contribution is -2.09. The number of benzene rings is 2. The van der Waals surface area contributed by atoms with E-state index in [1.165, 1.54) is 32.4 Å². The second-order valence-corrected chi connectivity index (χ2v) is 5.84. The Labute approximate surface area is 154 Å². The van der Waals surface area contributed by atoms with Gasteiger partial charge in [-0.2, -0.15) is 0 Å². The molecular formula is C20H16FNO5. The van der Waals surface area contributed by atoms with Gasteiger partial charge in [-0.3, -0.25) is 4.98 Å². The van der Waals surface area contributed by atoms with Crippen LogP contribution in [0, 0.1) is 5.82 Å². The summed E-state index contributed by atoms with van der Waals surface area (Å²) >= 11 is 0. The molecule has 0 unspecified atom stereocenters. The Hall–Kier alpha value is -3.48. The van der Waals surface area contributed by atoms with Crippen LogP contribution in [0.5, 0.6) is 5.75 Å². The van der Waals surface area contributed by atoms with Gasteiger partial charge in [-0.15, -0.1) is 0 Å². The van der Waals surface area contributed by atoms with Gasteiger partial charge in [0.1, 0.15) is 16.9 Å². The summed E-state index contributed by atoms with van der Waals surface area (Å²) in [6.45, 7) is 0. The first-order valence-electron chi connectivity index (χ1n) is 8.00. The van der Waals surface area contributed by atoms with Crippen molar-refractivity contribution in [3.8, 4) is 5.75 Å². The van der Waals surface area contributed by atoms with Crippen LogP contribution in [0.25, 0.3) is 10.9 Å². The van der Waals surface area contributed by atoms with Gasteiger partial charge in [0.05, 0.1) is 19.8 Å². The number of hydrogen-bond donors (Lipinski definition) is 1. The average molecular weight is 369 g/mol. The fourth-order valence-electron chi connectivity index (χ4n) is 2.89. The van der Waals surface area contributed by atoms with Crippen LogP contribution in [0.1, 0.15) is 31.8 Å². The van der Waals surface area contributed by atoms with Gasteiger partial charge in [0.25, 0.3) is 0 Å². The molecule has 0 fully saturated rings. The van der Waals surface area contributed by atoms with Crippen molar-refractivity contribution in [2.75, 3.05) is 14.2 Å². The highest BCUT2D eigenvalue weighted by molar-refractivity contribution is 6.09. The van der Waals surface area contributed by atoms with Crippen molar-refractivity contribution < 1.29 is 28.6 Å². The molecule has 3 aromatic rings. The summed E-state index contributed by atoms with van der Waals surface area (Å²) in [4.78, 5) is 28.0. The molecule has 0 saturated heterocycles. The monoisotopic (exact) mass is 369 g/mol. The number of carbonyl (C=O) groups excluding carboxylic acids is 1. The molecule has 1 N–H and O–H groups in total. The molecule has 6 nitrogen and oxygen atoms in total. The number of rotatable bonds is 5. The number of aromatic nitrogens is 1. The number of ether oxygens (including phenoxy) is 2. The lowest BCUT2D eigenvalue weighted by Gasteiger charge is -2.13. The number of pyridine rings is 1. The predicted octanol–water partition coefficient (Wildman–Crippen LogP) is 3.46. The lowest BCUT2D eigenvalue weighted by molar-refractivity contribution is 0.0597. The highest BCUT2D eigenvalue weighted by Crippen LogP contribution is 2.32. The molecular weight excluding hydrogens is 353 g/mol. The van der Waals surface area contributed by atoms with Crippen LogP contribution in [-0.4, -0.2) is 36.2 Å². The summed E-state index contributed by atoms with van der Waals surface area (Å²) in [6, 6.07) is 8.92. The first-order chi connectivity index (χ1) is 12.9. The van der Waals surface area contributed by atoms with Crippen molar-refractivity contribution in [2.24, 2.45) is 0 Å². The molecule has 1 heterocycles. The maximum Gasteiger partial charge on any atom is 0.341 e. The zero-order valence-electron chi connectivity index (χ0n) is 14.7. The van der Waals surface area contributed by atoms with Gasteiger partial charge < -0.3 is 14.6 Å². The molecule has 0 radical (unpaired) electrons. The van der Waals surface area contributed by atoms with Gasteiger partial charge in [0.2, 0.25) is 0 Å². The van der Waals surface area contributed by atoms with Crippen LogP contribution in [0.15, 0.2) is 42.6 Å². The first kappa shape index (κ1) is 18.3. The lowest BCUT2D eigenvalue weighted by atomic mass is 9.99. The van der Waals surface area contributed by atoms with Gasteiger partial charge in [-0.1, -0.05) is 12.1 Å². The van der Waals surface area contributed by atoms with E-state index in [1.807, 2.05) is 0 Å². The molecule has 0 amide bonds. The molecule has 0 aliphatic heterocycles. The second-order valence-electron chi connectivity index (χ2n) is 5.84. The zero-order chi connectivity index (χ0) is 19.6. The summed E-state index contributed by atoms with van der Waals surface area (Å²) < 4.78 is 23.1. The average Bonchev–Trinajstić information content (AvgIpc) is 2.67. The number of carbonyl (C=O) groups is 2. The summed E-state index contributed by atoms with van der Waals surface area (Å²) in [5, 5.41) is 9.91. The Bertz CT molecular complexity index is 1030. The highest BCUT2D eigenvalue weighted by Gasteiger charge is 2.23. The molecule has 0 atom stereocenters. The van der Waals surface area contributed by atoms with Crippen LogP contribution < -0.4 is 4.74 Å². The molecule has 7 heteroatoms. The number of fused-ring (bicyclic) bond motifs is 1. The largest absolute Gasteiger partial charge is 0.494 e. The van der Waals surface area contributed by atoms with Crippen molar-refractivity contribution in [3.63, 3.8) is 0 Å².